The Kier molecular flexibility index (Phi) is 8.14. The quantitative estimate of drug-likeness (QED) is 0.354. The van der Waals surface area contributed by atoms with Gasteiger partial charge in [0.1, 0.15) is 6.04 Å². The van der Waals surface area contributed by atoms with Crippen LogP contribution in [0.3, 0.4) is 0 Å². The second kappa shape index (κ2) is 8.76. The van der Waals surface area contributed by atoms with Crippen LogP contribution in [0.2, 0.25) is 0 Å². The summed E-state index contributed by atoms with van der Waals surface area (Å²) in [5.74, 6) is -1.92. The van der Waals surface area contributed by atoms with E-state index in [9.17, 15) is 14.4 Å². The van der Waals surface area contributed by atoms with Crippen molar-refractivity contribution in [1.82, 2.24) is 10.6 Å². The minimum Gasteiger partial charge on any atom is -0.480 e. The van der Waals surface area contributed by atoms with E-state index in [1.165, 1.54) is 0 Å². The van der Waals surface area contributed by atoms with E-state index < -0.39 is 24.0 Å². The molecule has 0 aliphatic carbocycles. The number of nitrogens with two attached hydrogens (primary N) is 1. The summed E-state index contributed by atoms with van der Waals surface area (Å²) in [6, 6.07) is -1.98. The lowest BCUT2D eigenvalue weighted by atomic mass is 10.1. The third-order valence-electron chi connectivity index (χ3n) is 2.18. The van der Waals surface area contributed by atoms with E-state index in [1.807, 2.05) is 0 Å². The highest BCUT2D eigenvalue weighted by molar-refractivity contribution is 7.80. The van der Waals surface area contributed by atoms with Crippen molar-refractivity contribution in [3.05, 3.63) is 0 Å². The van der Waals surface area contributed by atoms with E-state index in [1.54, 1.807) is 6.92 Å². The molecule has 18 heavy (non-hydrogen) atoms. The van der Waals surface area contributed by atoms with Crippen molar-refractivity contribution in [3.63, 3.8) is 0 Å². The number of hydrogen-bond acceptors (Lipinski definition) is 5. The Morgan fingerprint density at radius 1 is 1.39 bits per heavy atom. The Hall–Kier alpha value is -1.28. The Labute approximate surface area is 111 Å². The second-order valence-corrected chi connectivity index (χ2v) is 4.05. The summed E-state index contributed by atoms with van der Waals surface area (Å²) in [5.41, 5.74) is 5.41. The van der Waals surface area contributed by atoms with Crippen LogP contribution in [0.4, 0.5) is 0 Å². The molecule has 0 heterocycles. The van der Waals surface area contributed by atoms with Crippen molar-refractivity contribution >= 4 is 30.4 Å². The topological polar surface area (TPSA) is 122 Å². The summed E-state index contributed by atoms with van der Waals surface area (Å²) in [6.07, 6.45) is 0.0490. The van der Waals surface area contributed by atoms with Crippen molar-refractivity contribution in [1.29, 1.82) is 0 Å². The Balaban J connectivity index is 4.28. The van der Waals surface area contributed by atoms with E-state index in [2.05, 4.69) is 23.3 Å². The third kappa shape index (κ3) is 6.45. The number of carboxylic acid groups (broad SMARTS) is 1. The summed E-state index contributed by atoms with van der Waals surface area (Å²) in [6.45, 7) is 2.24. The van der Waals surface area contributed by atoms with Crippen LogP contribution in [0.5, 0.6) is 0 Å². The first kappa shape index (κ1) is 16.7. The molecule has 0 aromatic heterocycles. The normalized spacial score (nSPS) is 13.5. The van der Waals surface area contributed by atoms with Crippen molar-refractivity contribution in [2.75, 3.05) is 12.3 Å². The maximum atomic E-state index is 11.4. The van der Waals surface area contributed by atoms with Gasteiger partial charge in [0.15, 0.2) is 0 Å². The molecule has 104 valence electrons. The predicted octanol–water partition coefficient (Wildman–Crippen LogP) is -1.27. The van der Waals surface area contributed by atoms with Gasteiger partial charge in [-0.15, -0.1) is 0 Å². The maximum absolute atomic E-state index is 11.4. The minimum absolute atomic E-state index is 0.0200. The van der Waals surface area contributed by atoms with Crippen LogP contribution in [0.25, 0.3) is 0 Å². The zero-order valence-electron chi connectivity index (χ0n) is 10.2. The lowest BCUT2D eigenvalue weighted by Gasteiger charge is -2.16. The van der Waals surface area contributed by atoms with Gasteiger partial charge in [-0.05, 0) is 13.3 Å². The maximum Gasteiger partial charge on any atom is 0.326 e. The molecule has 0 spiro atoms. The fourth-order valence-corrected chi connectivity index (χ4v) is 1.35. The van der Waals surface area contributed by atoms with Crippen molar-refractivity contribution < 1.29 is 19.5 Å². The molecular formula is C10H19N3O4S. The first-order valence-corrected chi connectivity index (χ1v) is 6.21. The number of hydrogen-bond donors (Lipinski definition) is 5. The highest BCUT2D eigenvalue weighted by Gasteiger charge is 2.23. The highest BCUT2D eigenvalue weighted by Crippen LogP contribution is 1.99. The lowest BCUT2D eigenvalue weighted by molar-refractivity contribution is -0.142. The van der Waals surface area contributed by atoms with Crippen LogP contribution < -0.4 is 16.4 Å². The van der Waals surface area contributed by atoms with Gasteiger partial charge in [0.05, 0.1) is 6.04 Å². The molecule has 8 heteroatoms. The largest absolute Gasteiger partial charge is 0.480 e. The Bertz CT molecular complexity index is 311. The van der Waals surface area contributed by atoms with Crippen LogP contribution in [0.1, 0.15) is 19.8 Å². The smallest absolute Gasteiger partial charge is 0.326 e. The third-order valence-corrected chi connectivity index (χ3v) is 2.58. The number of carbonyl (C=O) groups excluding carboxylic acids is 2. The molecule has 0 bridgehead atoms. The van der Waals surface area contributed by atoms with Gasteiger partial charge < -0.3 is 21.5 Å². The average molecular weight is 277 g/mol. The van der Waals surface area contributed by atoms with E-state index >= 15 is 0 Å². The molecule has 0 rings (SSSR count). The van der Waals surface area contributed by atoms with Crippen molar-refractivity contribution in [3.8, 4) is 0 Å². The van der Waals surface area contributed by atoms with Crippen LogP contribution in [-0.2, 0) is 14.4 Å². The average Bonchev–Trinajstić information content (AvgIpc) is 2.32. The number of aliphatic carboxylic acids is 1. The molecule has 0 aromatic rings. The number of amides is 2. The van der Waals surface area contributed by atoms with Crippen LogP contribution in [-0.4, -0.2) is 47.3 Å². The molecule has 5 N–H and O–H groups in total. The van der Waals surface area contributed by atoms with E-state index in [0.717, 1.165) is 0 Å². The molecule has 2 amide bonds. The predicted molar refractivity (Wildman–Crippen MR) is 69.3 cm³/mol. The van der Waals surface area contributed by atoms with E-state index in [4.69, 9.17) is 10.8 Å². The van der Waals surface area contributed by atoms with Gasteiger partial charge in [0, 0.05) is 18.7 Å². The number of carbonyl (C=O) groups is 3. The van der Waals surface area contributed by atoms with Gasteiger partial charge in [-0.3, -0.25) is 9.59 Å². The fraction of sp³-hybridized carbons (Fsp3) is 0.700. The molecule has 0 aliphatic heterocycles. The van der Waals surface area contributed by atoms with Gasteiger partial charge in [0.2, 0.25) is 11.8 Å². The molecule has 0 saturated carbocycles. The first-order chi connectivity index (χ1) is 8.42. The molecule has 7 nitrogen and oxygen atoms in total. The van der Waals surface area contributed by atoms with Gasteiger partial charge in [0.25, 0.3) is 0 Å². The van der Waals surface area contributed by atoms with Gasteiger partial charge in [-0.25, -0.2) is 4.79 Å². The Morgan fingerprint density at radius 2 is 2.00 bits per heavy atom. The fourth-order valence-electron chi connectivity index (χ4n) is 1.18. The molecule has 0 aromatic carbocycles. The highest BCUT2D eigenvalue weighted by atomic mass is 32.1. The van der Waals surface area contributed by atoms with Crippen molar-refractivity contribution in [2.45, 2.75) is 31.8 Å². The van der Waals surface area contributed by atoms with Gasteiger partial charge in [-0.2, -0.15) is 12.6 Å². The number of nitrogens with one attached hydrogen (secondary N) is 2. The molecule has 0 fully saturated rings. The van der Waals surface area contributed by atoms with E-state index in [0.29, 0.717) is 6.54 Å². The summed E-state index contributed by atoms with van der Waals surface area (Å²) in [5, 5.41) is 13.7. The minimum atomic E-state index is -1.20. The van der Waals surface area contributed by atoms with E-state index in [-0.39, 0.29) is 24.5 Å². The molecule has 0 unspecified atom stereocenters. The summed E-state index contributed by atoms with van der Waals surface area (Å²) < 4.78 is 0. The lowest BCUT2D eigenvalue weighted by Crippen LogP contribution is -2.49. The zero-order chi connectivity index (χ0) is 14.1. The molecule has 0 saturated heterocycles. The van der Waals surface area contributed by atoms with Crippen LogP contribution in [0, 0.1) is 0 Å². The summed E-state index contributed by atoms with van der Waals surface area (Å²) >= 11 is 3.84. The number of thiol groups is 1. The van der Waals surface area contributed by atoms with Gasteiger partial charge in [-0.1, -0.05) is 0 Å². The van der Waals surface area contributed by atoms with Gasteiger partial charge >= 0.3 is 5.97 Å². The standard InChI is InChI=1S/C10H19N3O4S/c1-2-12-8(14)4-3-7(10(16)17)13-9(15)6(11)5-18/h6-7,18H,2-5,11H2,1H3,(H,12,14)(H,13,15)(H,16,17)/t6-,7-/m0/s1. The SMILES string of the molecule is CCNC(=O)CC[C@H](NC(=O)[C@@H](N)CS)C(=O)O. The van der Waals surface area contributed by atoms with Crippen molar-refractivity contribution in [2.24, 2.45) is 5.73 Å². The molecular weight excluding hydrogens is 258 g/mol. The molecule has 0 aliphatic rings. The molecule has 2 atom stereocenters. The Morgan fingerprint density at radius 3 is 2.44 bits per heavy atom. The molecule has 0 radical (unpaired) electrons. The summed E-state index contributed by atoms with van der Waals surface area (Å²) in [7, 11) is 0. The zero-order valence-corrected chi connectivity index (χ0v) is 11.1. The number of carboxylic acids is 1. The monoisotopic (exact) mass is 277 g/mol. The first-order valence-electron chi connectivity index (χ1n) is 5.58. The summed E-state index contributed by atoms with van der Waals surface area (Å²) in [4.78, 5) is 33.5. The van der Waals surface area contributed by atoms with Crippen LogP contribution >= 0.6 is 12.6 Å². The van der Waals surface area contributed by atoms with Crippen LogP contribution in [0.15, 0.2) is 0 Å². The number of rotatable bonds is 8. The second-order valence-electron chi connectivity index (χ2n) is 3.68.